The topological polar surface area (TPSA) is 209 Å². The number of carboxylic acids is 2. The van der Waals surface area contributed by atoms with Crippen molar-refractivity contribution in [2.24, 2.45) is 0 Å². The molecule has 0 bridgehead atoms. The van der Waals surface area contributed by atoms with Crippen LogP contribution >= 0.6 is 44.8 Å². The molecule has 0 aliphatic heterocycles. The van der Waals surface area contributed by atoms with Gasteiger partial charge >= 0.3 is 11.9 Å². The van der Waals surface area contributed by atoms with Crippen molar-refractivity contribution < 1.29 is 48.5 Å². The second-order valence-electron chi connectivity index (χ2n) is 13.5. The van der Waals surface area contributed by atoms with Crippen molar-refractivity contribution in [2.75, 3.05) is 22.1 Å². The van der Waals surface area contributed by atoms with Gasteiger partial charge in [-0.1, -0.05) is 44.8 Å². The molecule has 58 heavy (non-hydrogen) atoms. The minimum absolute atomic E-state index is 0.144. The number of aliphatic carboxylic acids is 2. The van der Waals surface area contributed by atoms with Gasteiger partial charge in [0.2, 0.25) is 0 Å². The monoisotopic (exact) mass is 870 g/mol. The van der Waals surface area contributed by atoms with Crippen LogP contribution in [-0.2, 0) is 19.2 Å². The van der Waals surface area contributed by atoms with Gasteiger partial charge in [0.25, 0.3) is 23.6 Å². The van der Waals surface area contributed by atoms with Crippen LogP contribution in [0.2, 0.25) is 10.0 Å². The highest BCUT2D eigenvalue weighted by atomic mass is 35.5. The first kappa shape index (κ1) is 45.3. The standard InChI is InChI=1S/C40H40Cl2N4O10S2/c1-39(2,55-29-17-13-27(14-18-29)43-33(47)23-5-9-25(41)10-6-23)37(53)45-31(35(49)50)21-57-58-22-32(36(51)52)46-38(54)40(3,4)56-30-19-15-28(16-20-30)44-34(48)24-7-11-26(42)12-8-24/h5-20,31-32H,21-22H2,1-4H3,(H,43,47)(H,44,48)(H,45,53)(H,46,54)(H,49,50)(H,51,52). The summed E-state index contributed by atoms with van der Waals surface area (Å²) in [4.78, 5) is 75.3. The maximum Gasteiger partial charge on any atom is 0.327 e. The first-order valence-corrected chi connectivity index (χ1v) is 20.6. The lowest BCUT2D eigenvalue weighted by Gasteiger charge is -2.27. The number of ether oxygens (including phenoxy) is 2. The Bertz CT molecular complexity index is 1950. The molecule has 0 aliphatic carbocycles. The summed E-state index contributed by atoms with van der Waals surface area (Å²) in [5, 5.41) is 31.0. The summed E-state index contributed by atoms with van der Waals surface area (Å²) < 4.78 is 11.7. The van der Waals surface area contributed by atoms with E-state index in [9.17, 15) is 39.0 Å². The molecule has 306 valence electrons. The van der Waals surface area contributed by atoms with Crippen molar-refractivity contribution in [3.05, 3.63) is 118 Å². The highest BCUT2D eigenvalue weighted by Gasteiger charge is 2.35. The fourth-order valence-corrected chi connectivity index (χ4v) is 7.31. The third-order valence-corrected chi connectivity index (χ3v) is 11.0. The van der Waals surface area contributed by atoms with Gasteiger partial charge in [-0.3, -0.25) is 19.2 Å². The van der Waals surface area contributed by atoms with Crippen molar-refractivity contribution in [3.63, 3.8) is 0 Å². The first-order valence-electron chi connectivity index (χ1n) is 17.4. The number of carbonyl (C=O) groups is 6. The van der Waals surface area contributed by atoms with E-state index in [0.717, 1.165) is 21.6 Å². The predicted molar refractivity (Wildman–Crippen MR) is 225 cm³/mol. The van der Waals surface area contributed by atoms with Crippen LogP contribution in [0.15, 0.2) is 97.1 Å². The van der Waals surface area contributed by atoms with E-state index < -0.39 is 47.0 Å². The third kappa shape index (κ3) is 13.6. The molecule has 0 radical (unpaired) electrons. The lowest BCUT2D eigenvalue weighted by atomic mass is 10.1. The number of amides is 4. The Labute approximate surface area is 352 Å². The van der Waals surface area contributed by atoms with Gasteiger partial charge in [-0.2, -0.15) is 0 Å². The molecule has 4 rings (SSSR count). The molecule has 4 aromatic rings. The summed E-state index contributed by atoms with van der Waals surface area (Å²) in [6.45, 7) is 5.85. The molecule has 2 atom stereocenters. The molecule has 4 aromatic carbocycles. The SMILES string of the molecule is CC(C)(Oc1ccc(NC(=O)c2ccc(Cl)cc2)cc1)C(=O)NC(CSSCC(NC(=O)C(C)(C)Oc1ccc(NC(=O)c2ccc(Cl)cc2)cc1)C(=O)O)C(=O)O. The van der Waals surface area contributed by atoms with Crippen LogP contribution in [0.4, 0.5) is 11.4 Å². The van der Waals surface area contributed by atoms with Gasteiger partial charge in [0.05, 0.1) is 0 Å². The molecular weight excluding hydrogens is 831 g/mol. The van der Waals surface area contributed by atoms with Crippen LogP contribution in [-0.4, -0.2) is 80.6 Å². The number of nitrogens with one attached hydrogen (secondary N) is 4. The Kier molecular flexibility index (Phi) is 15.9. The molecule has 4 amide bonds. The fourth-order valence-electron chi connectivity index (χ4n) is 4.75. The number of benzene rings is 4. The normalized spacial score (nSPS) is 12.3. The highest BCUT2D eigenvalue weighted by Crippen LogP contribution is 2.26. The summed E-state index contributed by atoms with van der Waals surface area (Å²) in [6.07, 6.45) is 0. The van der Waals surface area contributed by atoms with Gasteiger partial charge in [0.1, 0.15) is 23.6 Å². The van der Waals surface area contributed by atoms with Gasteiger partial charge in [-0.05, 0) is 125 Å². The van der Waals surface area contributed by atoms with Gasteiger partial charge in [0.15, 0.2) is 11.2 Å². The molecule has 0 saturated heterocycles. The zero-order chi connectivity index (χ0) is 42.6. The smallest absolute Gasteiger partial charge is 0.327 e. The summed E-state index contributed by atoms with van der Waals surface area (Å²) in [6, 6.07) is 22.5. The predicted octanol–water partition coefficient (Wildman–Crippen LogP) is 7.03. The van der Waals surface area contributed by atoms with Gasteiger partial charge < -0.3 is 41.0 Å². The summed E-state index contributed by atoms with van der Waals surface area (Å²) in [5.74, 6) is -4.51. The number of anilines is 2. The lowest BCUT2D eigenvalue weighted by molar-refractivity contribution is -0.144. The third-order valence-electron chi connectivity index (χ3n) is 8.04. The number of carbonyl (C=O) groups excluding carboxylic acids is 4. The maximum atomic E-state index is 13.1. The number of rotatable bonds is 19. The molecule has 0 heterocycles. The molecule has 0 aromatic heterocycles. The summed E-state index contributed by atoms with van der Waals surface area (Å²) in [7, 11) is 1.99. The van der Waals surface area contributed by atoms with Crippen LogP contribution in [0.25, 0.3) is 0 Å². The number of hydrogen-bond donors (Lipinski definition) is 6. The van der Waals surface area contributed by atoms with E-state index in [1.165, 1.54) is 27.7 Å². The zero-order valence-electron chi connectivity index (χ0n) is 31.5. The van der Waals surface area contributed by atoms with E-state index in [-0.39, 0.29) is 34.8 Å². The molecule has 18 heteroatoms. The minimum atomic E-state index is -1.51. The summed E-state index contributed by atoms with van der Waals surface area (Å²) in [5.41, 5.74) is -1.26. The molecule has 0 spiro atoms. The molecule has 14 nitrogen and oxygen atoms in total. The van der Waals surface area contributed by atoms with E-state index in [0.29, 0.717) is 32.5 Å². The Morgan fingerprint density at radius 2 is 0.862 bits per heavy atom. The minimum Gasteiger partial charge on any atom is -0.480 e. The van der Waals surface area contributed by atoms with Gasteiger partial charge in [0, 0.05) is 44.1 Å². The summed E-state index contributed by atoms with van der Waals surface area (Å²) >= 11 is 11.8. The molecule has 6 N–H and O–H groups in total. The van der Waals surface area contributed by atoms with E-state index in [2.05, 4.69) is 21.3 Å². The van der Waals surface area contributed by atoms with E-state index in [1.54, 1.807) is 97.1 Å². The number of hydrogen-bond acceptors (Lipinski definition) is 10. The lowest BCUT2D eigenvalue weighted by Crippen LogP contribution is -2.53. The van der Waals surface area contributed by atoms with Gasteiger partial charge in [-0.15, -0.1) is 0 Å². The van der Waals surface area contributed by atoms with Crippen molar-refractivity contribution in [2.45, 2.75) is 51.0 Å². The Balaban J connectivity index is 1.23. The van der Waals surface area contributed by atoms with E-state index in [4.69, 9.17) is 32.7 Å². The highest BCUT2D eigenvalue weighted by molar-refractivity contribution is 8.76. The fraction of sp³-hybridized carbons (Fsp3) is 0.250. The van der Waals surface area contributed by atoms with E-state index >= 15 is 0 Å². The average molecular weight is 872 g/mol. The first-order chi connectivity index (χ1) is 27.3. The van der Waals surface area contributed by atoms with Crippen molar-refractivity contribution in [1.82, 2.24) is 10.6 Å². The largest absolute Gasteiger partial charge is 0.480 e. The van der Waals surface area contributed by atoms with Crippen molar-refractivity contribution >= 4 is 91.7 Å². The van der Waals surface area contributed by atoms with Crippen molar-refractivity contribution in [1.29, 1.82) is 0 Å². The van der Waals surface area contributed by atoms with Crippen LogP contribution in [0.3, 0.4) is 0 Å². The molecule has 2 unspecified atom stereocenters. The van der Waals surface area contributed by atoms with Crippen LogP contribution in [0.5, 0.6) is 11.5 Å². The maximum absolute atomic E-state index is 13.1. The second kappa shape index (κ2) is 20.3. The van der Waals surface area contributed by atoms with Crippen molar-refractivity contribution in [3.8, 4) is 11.5 Å². The molecule has 0 fully saturated rings. The second-order valence-corrected chi connectivity index (χ2v) is 16.9. The van der Waals surface area contributed by atoms with Gasteiger partial charge in [-0.25, -0.2) is 9.59 Å². The van der Waals surface area contributed by atoms with Crippen LogP contribution in [0.1, 0.15) is 48.4 Å². The Hall–Kier alpha value is -5.42. The number of carboxylic acid groups (broad SMARTS) is 2. The zero-order valence-corrected chi connectivity index (χ0v) is 34.7. The molecular formula is C40H40Cl2N4O10S2. The molecule has 0 aliphatic rings. The molecule has 0 saturated carbocycles. The quantitative estimate of drug-likeness (QED) is 0.0415. The Morgan fingerprint density at radius 3 is 1.16 bits per heavy atom. The van der Waals surface area contributed by atoms with E-state index in [1.807, 2.05) is 0 Å². The average Bonchev–Trinajstić information content (AvgIpc) is 3.16. The number of halogens is 2. The van der Waals surface area contributed by atoms with Crippen LogP contribution in [0, 0.1) is 0 Å². The Morgan fingerprint density at radius 1 is 0.552 bits per heavy atom. The van der Waals surface area contributed by atoms with Crippen LogP contribution < -0.4 is 30.7 Å².